The molecule has 1 aromatic rings. The number of likely N-dealkylation sites (tertiary alicyclic amines) is 1. The van der Waals surface area contributed by atoms with Gasteiger partial charge in [0.1, 0.15) is 6.61 Å². The first-order valence-electron chi connectivity index (χ1n) is 7.93. The maximum atomic E-state index is 12.1. The van der Waals surface area contributed by atoms with Crippen molar-refractivity contribution in [1.82, 2.24) is 4.90 Å². The van der Waals surface area contributed by atoms with Crippen LogP contribution in [0.5, 0.6) is 0 Å². The van der Waals surface area contributed by atoms with Crippen LogP contribution in [0.3, 0.4) is 0 Å². The van der Waals surface area contributed by atoms with Gasteiger partial charge in [-0.25, -0.2) is 9.59 Å². The Balaban J connectivity index is 1.83. The van der Waals surface area contributed by atoms with Crippen LogP contribution in [0.1, 0.15) is 32.3 Å². The summed E-state index contributed by atoms with van der Waals surface area (Å²) in [4.78, 5) is 25.5. The van der Waals surface area contributed by atoms with Crippen LogP contribution < -0.4 is 0 Å². The summed E-state index contributed by atoms with van der Waals surface area (Å²) in [6, 6.07) is 9.61. The summed E-state index contributed by atoms with van der Waals surface area (Å²) in [5.74, 6) is -0.261. The van der Waals surface area contributed by atoms with Crippen LogP contribution >= 0.6 is 0 Å². The molecule has 5 heteroatoms. The van der Waals surface area contributed by atoms with Crippen LogP contribution in [-0.4, -0.2) is 36.7 Å². The quantitative estimate of drug-likeness (QED) is 0.631. The molecule has 1 heterocycles. The number of rotatable bonds is 4. The highest BCUT2D eigenvalue weighted by Gasteiger charge is 2.23. The Hall–Kier alpha value is -2.30. The molecule has 124 valence electrons. The number of hydrogen-bond donors (Lipinski definition) is 0. The van der Waals surface area contributed by atoms with E-state index >= 15 is 0 Å². The van der Waals surface area contributed by atoms with Gasteiger partial charge in [0.2, 0.25) is 0 Å². The number of esters is 1. The van der Waals surface area contributed by atoms with Crippen LogP contribution in [0.2, 0.25) is 0 Å². The Bertz CT molecular complexity index is 570. The van der Waals surface area contributed by atoms with Gasteiger partial charge in [0, 0.05) is 18.7 Å². The lowest BCUT2D eigenvalue weighted by Gasteiger charge is -2.28. The summed E-state index contributed by atoms with van der Waals surface area (Å²) in [6.07, 6.45) is 1.07. The van der Waals surface area contributed by atoms with Crippen LogP contribution in [0.4, 0.5) is 4.79 Å². The number of ether oxygens (including phenoxy) is 2. The first-order valence-corrected chi connectivity index (χ1v) is 7.93. The summed E-state index contributed by atoms with van der Waals surface area (Å²) in [6.45, 7) is 5.37. The fourth-order valence-electron chi connectivity index (χ4n) is 2.53. The SMILES string of the molecule is CCOC(=O)C(C)=C1CCN(C(=O)OCc2ccccc2)CC1. The van der Waals surface area contributed by atoms with E-state index in [-0.39, 0.29) is 18.7 Å². The van der Waals surface area contributed by atoms with Crippen molar-refractivity contribution in [2.75, 3.05) is 19.7 Å². The molecule has 1 aromatic carbocycles. The third-order valence-electron chi connectivity index (χ3n) is 3.94. The number of benzene rings is 1. The Kier molecular flexibility index (Phi) is 6.20. The zero-order valence-corrected chi connectivity index (χ0v) is 13.7. The Morgan fingerprint density at radius 1 is 1.09 bits per heavy atom. The predicted molar refractivity (Wildman–Crippen MR) is 86.8 cm³/mol. The van der Waals surface area contributed by atoms with E-state index in [0.29, 0.717) is 38.1 Å². The summed E-state index contributed by atoms with van der Waals surface area (Å²) in [7, 11) is 0. The molecule has 0 bridgehead atoms. The summed E-state index contributed by atoms with van der Waals surface area (Å²) in [5, 5.41) is 0. The first-order chi connectivity index (χ1) is 11.1. The van der Waals surface area contributed by atoms with Crippen molar-refractivity contribution in [2.45, 2.75) is 33.3 Å². The largest absolute Gasteiger partial charge is 0.463 e. The number of carbonyl (C=O) groups excluding carboxylic acids is 2. The van der Waals surface area contributed by atoms with E-state index < -0.39 is 0 Å². The van der Waals surface area contributed by atoms with Crippen molar-refractivity contribution in [3.8, 4) is 0 Å². The van der Waals surface area contributed by atoms with Crippen molar-refractivity contribution >= 4 is 12.1 Å². The van der Waals surface area contributed by atoms with Gasteiger partial charge < -0.3 is 14.4 Å². The molecule has 23 heavy (non-hydrogen) atoms. The second-order valence-electron chi connectivity index (χ2n) is 5.48. The highest BCUT2D eigenvalue weighted by Crippen LogP contribution is 2.21. The van der Waals surface area contributed by atoms with E-state index in [2.05, 4.69) is 0 Å². The molecule has 5 nitrogen and oxygen atoms in total. The lowest BCUT2D eigenvalue weighted by atomic mass is 9.99. The minimum Gasteiger partial charge on any atom is -0.463 e. The van der Waals surface area contributed by atoms with Crippen LogP contribution in [-0.2, 0) is 20.9 Å². The van der Waals surface area contributed by atoms with Crippen molar-refractivity contribution in [3.63, 3.8) is 0 Å². The second kappa shape index (κ2) is 8.36. The monoisotopic (exact) mass is 317 g/mol. The average molecular weight is 317 g/mol. The van der Waals surface area contributed by atoms with Gasteiger partial charge in [-0.05, 0) is 32.3 Å². The molecular weight excluding hydrogens is 294 g/mol. The Morgan fingerprint density at radius 3 is 2.35 bits per heavy atom. The van der Waals surface area contributed by atoms with Crippen molar-refractivity contribution in [3.05, 3.63) is 47.0 Å². The number of hydrogen-bond acceptors (Lipinski definition) is 4. The van der Waals surface area contributed by atoms with Gasteiger partial charge >= 0.3 is 12.1 Å². The molecule has 1 aliphatic heterocycles. The third-order valence-corrected chi connectivity index (χ3v) is 3.94. The molecule has 0 N–H and O–H groups in total. The van der Waals surface area contributed by atoms with E-state index in [0.717, 1.165) is 11.1 Å². The fraction of sp³-hybridized carbons (Fsp3) is 0.444. The second-order valence-corrected chi connectivity index (χ2v) is 5.48. The molecule has 0 spiro atoms. The average Bonchev–Trinajstić information content (AvgIpc) is 2.60. The number of amides is 1. The van der Waals surface area contributed by atoms with Crippen molar-refractivity contribution in [2.24, 2.45) is 0 Å². The van der Waals surface area contributed by atoms with E-state index in [1.165, 1.54) is 0 Å². The van der Waals surface area contributed by atoms with Crippen LogP contribution in [0.15, 0.2) is 41.5 Å². The summed E-state index contributed by atoms with van der Waals surface area (Å²) >= 11 is 0. The Morgan fingerprint density at radius 2 is 1.74 bits per heavy atom. The minimum absolute atomic E-state index is 0.261. The van der Waals surface area contributed by atoms with Crippen molar-refractivity contribution < 1.29 is 19.1 Å². The van der Waals surface area contributed by atoms with Crippen molar-refractivity contribution in [1.29, 1.82) is 0 Å². The van der Waals surface area contributed by atoms with Crippen LogP contribution in [0.25, 0.3) is 0 Å². The first kappa shape index (κ1) is 17.1. The maximum Gasteiger partial charge on any atom is 0.410 e. The molecule has 1 amide bonds. The summed E-state index contributed by atoms with van der Waals surface area (Å²) < 4.78 is 10.3. The van der Waals surface area contributed by atoms with E-state index in [1.807, 2.05) is 30.3 Å². The molecule has 1 saturated heterocycles. The fourth-order valence-corrected chi connectivity index (χ4v) is 2.53. The van der Waals surface area contributed by atoms with E-state index in [1.54, 1.807) is 18.7 Å². The standard InChI is InChI=1S/C18H23NO4/c1-3-22-17(20)14(2)16-9-11-19(12-10-16)18(21)23-13-15-7-5-4-6-8-15/h4-8H,3,9-13H2,1-2H3. The number of nitrogens with zero attached hydrogens (tertiary/aromatic N) is 1. The van der Waals surface area contributed by atoms with Gasteiger partial charge in [0.15, 0.2) is 0 Å². The highest BCUT2D eigenvalue weighted by atomic mass is 16.6. The smallest absolute Gasteiger partial charge is 0.410 e. The maximum absolute atomic E-state index is 12.1. The molecule has 1 fully saturated rings. The number of piperidine rings is 1. The summed E-state index contributed by atoms with van der Waals surface area (Å²) in [5.41, 5.74) is 2.70. The third kappa shape index (κ3) is 4.84. The van der Waals surface area contributed by atoms with E-state index in [9.17, 15) is 9.59 Å². The van der Waals surface area contributed by atoms with Gasteiger partial charge in [-0.2, -0.15) is 0 Å². The molecule has 0 unspecified atom stereocenters. The predicted octanol–water partition coefficient (Wildman–Crippen LogP) is 3.30. The molecule has 2 rings (SSSR count). The highest BCUT2D eigenvalue weighted by molar-refractivity contribution is 5.88. The topological polar surface area (TPSA) is 55.8 Å². The molecule has 0 radical (unpaired) electrons. The lowest BCUT2D eigenvalue weighted by molar-refractivity contribution is -0.138. The van der Waals surface area contributed by atoms with Crippen LogP contribution in [0, 0.1) is 0 Å². The Labute approximate surface area is 136 Å². The zero-order chi connectivity index (χ0) is 16.7. The molecule has 0 atom stereocenters. The van der Waals surface area contributed by atoms with Gasteiger partial charge in [-0.15, -0.1) is 0 Å². The molecular formula is C18H23NO4. The molecule has 0 saturated carbocycles. The molecule has 0 aromatic heterocycles. The zero-order valence-electron chi connectivity index (χ0n) is 13.7. The van der Waals surface area contributed by atoms with E-state index in [4.69, 9.17) is 9.47 Å². The molecule has 1 aliphatic rings. The van der Waals surface area contributed by atoms with Gasteiger partial charge in [0.25, 0.3) is 0 Å². The lowest BCUT2D eigenvalue weighted by Crippen LogP contribution is -2.37. The number of carbonyl (C=O) groups is 2. The minimum atomic E-state index is -0.304. The normalized spacial score (nSPS) is 14.3. The van der Waals surface area contributed by atoms with Gasteiger partial charge in [-0.3, -0.25) is 0 Å². The molecule has 0 aliphatic carbocycles. The van der Waals surface area contributed by atoms with Gasteiger partial charge in [-0.1, -0.05) is 35.9 Å². The van der Waals surface area contributed by atoms with Gasteiger partial charge in [0.05, 0.1) is 6.61 Å².